The Labute approximate surface area is 117 Å². The maximum Gasteiger partial charge on any atom is 0.271 e. The van der Waals surface area contributed by atoms with E-state index >= 15 is 0 Å². The van der Waals surface area contributed by atoms with E-state index in [1.807, 2.05) is 0 Å². The van der Waals surface area contributed by atoms with Crippen molar-refractivity contribution in [3.8, 4) is 11.3 Å². The fourth-order valence-electron chi connectivity index (χ4n) is 1.89. The van der Waals surface area contributed by atoms with Crippen molar-refractivity contribution in [3.63, 3.8) is 0 Å². The van der Waals surface area contributed by atoms with Crippen LogP contribution < -0.4 is 0 Å². The average Bonchev–Trinajstić information content (AvgIpc) is 2.85. The van der Waals surface area contributed by atoms with Crippen LogP contribution in [0.1, 0.15) is 12.5 Å². The molecule has 3 aromatic rings. The Bertz CT molecular complexity index is 779. The SMILES string of the molecule is CC(F)(F)c1cc(-c2cnc3cn[nH]c3n2)ccc1Cl. The topological polar surface area (TPSA) is 54.5 Å². The molecule has 4 nitrogen and oxygen atoms in total. The number of aromatic nitrogens is 4. The predicted molar refractivity (Wildman–Crippen MR) is 71.7 cm³/mol. The van der Waals surface area contributed by atoms with Crippen LogP contribution in [-0.4, -0.2) is 20.2 Å². The number of nitrogens with one attached hydrogen (secondary N) is 1. The number of nitrogens with zero attached hydrogens (tertiary/aromatic N) is 3. The highest BCUT2D eigenvalue weighted by molar-refractivity contribution is 6.31. The molecule has 0 saturated carbocycles. The molecule has 0 unspecified atom stereocenters. The molecule has 0 bridgehead atoms. The Morgan fingerprint density at radius 3 is 2.80 bits per heavy atom. The van der Waals surface area contributed by atoms with Gasteiger partial charge in [0.15, 0.2) is 5.65 Å². The van der Waals surface area contributed by atoms with Crippen LogP contribution in [0.25, 0.3) is 22.4 Å². The first-order valence-electron chi connectivity index (χ1n) is 5.79. The third-order valence-corrected chi connectivity index (χ3v) is 3.22. The zero-order valence-electron chi connectivity index (χ0n) is 10.4. The first kappa shape index (κ1) is 12.9. The Morgan fingerprint density at radius 1 is 1.25 bits per heavy atom. The van der Waals surface area contributed by atoms with Gasteiger partial charge in [0.2, 0.25) is 0 Å². The number of hydrogen-bond donors (Lipinski definition) is 1. The van der Waals surface area contributed by atoms with E-state index in [0.717, 1.165) is 6.92 Å². The van der Waals surface area contributed by atoms with Gasteiger partial charge in [0.05, 0.1) is 18.1 Å². The lowest BCUT2D eigenvalue weighted by Gasteiger charge is -2.13. The van der Waals surface area contributed by atoms with E-state index in [0.29, 0.717) is 22.4 Å². The van der Waals surface area contributed by atoms with E-state index in [1.54, 1.807) is 12.3 Å². The molecule has 0 atom stereocenters. The number of rotatable bonds is 2. The molecule has 0 fully saturated rings. The summed E-state index contributed by atoms with van der Waals surface area (Å²) in [7, 11) is 0. The van der Waals surface area contributed by atoms with Gasteiger partial charge in [0.1, 0.15) is 5.52 Å². The minimum atomic E-state index is -3.02. The average molecular weight is 295 g/mol. The summed E-state index contributed by atoms with van der Waals surface area (Å²) >= 11 is 5.81. The zero-order valence-corrected chi connectivity index (χ0v) is 11.1. The van der Waals surface area contributed by atoms with Crippen molar-refractivity contribution in [2.75, 3.05) is 0 Å². The van der Waals surface area contributed by atoms with E-state index < -0.39 is 5.92 Å². The molecular weight excluding hydrogens is 286 g/mol. The van der Waals surface area contributed by atoms with E-state index in [-0.39, 0.29) is 10.6 Å². The van der Waals surface area contributed by atoms with Crippen molar-refractivity contribution in [2.45, 2.75) is 12.8 Å². The second-order valence-electron chi connectivity index (χ2n) is 4.44. The number of benzene rings is 1. The summed E-state index contributed by atoms with van der Waals surface area (Å²) in [5.74, 6) is -3.02. The highest BCUT2D eigenvalue weighted by Crippen LogP contribution is 2.35. The lowest BCUT2D eigenvalue weighted by Crippen LogP contribution is -2.08. The van der Waals surface area contributed by atoms with E-state index in [1.165, 1.54) is 18.3 Å². The molecule has 0 saturated heterocycles. The molecular formula is C13H9ClF2N4. The fraction of sp³-hybridized carbons (Fsp3) is 0.154. The van der Waals surface area contributed by atoms with Crippen molar-refractivity contribution in [1.82, 2.24) is 20.2 Å². The molecule has 1 N–H and O–H groups in total. The Morgan fingerprint density at radius 2 is 2.05 bits per heavy atom. The quantitative estimate of drug-likeness (QED) is 0.782. The Hall–Kier alpha value is -2.08. The summed E-state index contributed by atoms with van der Waals surface area (Å²) in [4.78, 5) is 8.44. The fourth-order valence-corrected chi connectivity index (χ4v) is 2.17. The van der Waals surface area contributed by atoms with Crippen LogP contribution in [0.3, 0.4) is 0 Å². The molecule has 7 heteroatoms. The van der Waals surface area contributed by atoms with Gasteiger partial charge in [0, 0.05) is 23.1 Å². The third kappa shape index (κ3) is 2.22. The number of hydrogen-bond acceptors (Lipinski definition) is 3. The highest BCUT2D eigenvalue weighted by Gasteiger charge is 2.27. The van der Waals surface area contributed by atoms with Gasteiger partial charge >= 0.3 is 0 Å². The normalized spacial score (nSPS) is 12.0. The van der Waals surface area contributed by atoms with Crippen LogP contribution in [0.2, 0.25) is 5.02 Å². The molecule has 3 rings (SSSR count). The number of aromatic amines is 1. The molecule has 0 amide bonds. The summed E-state index contributed by atoms with van der Waals surface area (Å²) in [5, 5.41) is 6.53. The van der Waals surface area contributed by atoms with E-state index in [9.17, 15) is 8.78 Å². The van der Waals surface area contributed by atoms with Crippen molar-refractivity contribution >= 4 is 22.8 Å². The molecule has 20 heavy (non-hydrogen) atoms. The van der Waals surface area contributed by atoms with E-state index in [4.69, 9.17) is 11.6 Å². The van der Waals surface area contributed by atoms with Crippen LogP contribution in [0.4, 0.5) is 8.78 Å². The largest absolute Gasteiger partial charge is 0.271 e. The minimum Gasteiger partial charge on any atom is -0.259 e. The third-order valence-electron chi connectivity index (χ3n) is 2.89. The van der Waals surface area contributed by atoms with Gasteiger partial charge in [-0.15, -0.1) is 0 Å². The predicted octanol–water partition coefficient (Wildman–Crippen LogP) is 3.79. The monoisotopic (exact) mass is 294 g/mol. The maximum atomic E-state index is 13.5. The van der Waals surface area contributed by atoms with Gasteiger partial charge in [-0.25, -0.2) is 18.7 Å². The Kier molecular flexibility index (Phi) is 2.90. The first-order chi connectivity index (χ1) is 9.45. The van der Waals surface area contributed by atoms with Gasteiger partial charge < -0.3 is 0 Å². The summed E-state index contributed by atoms with van der Waals surface area (Å²) in [6.45, 7) is 0.807. The van der Waals surface area contributed by atoms with Crippen LogP contribution >= 0.6 is 11.6 Å². The van der Waals surface area contributed by atoms with Gasteiger partial charge in [-0.3, -0.25) is 5.10 Å². The second-order valence-corrected chi connectivity index (χ2v) is 4.85. The van der Waals surface area contributed by atoms with Gasteiger partial charge in [-0.1, -0.05) is 17.7 Å². The van der Waals surface area contributed by atoms with Crippen molar-refractivity contribution < 1.29 is 8.78 Å². The molecule has 0 aliphatic carbocycles. The standard InChI is InChI=1S/C13H9ClF2N4/c1-13(15,16)8-4-7(2-3-9(8)14)10-5-17-11-6-18-20-12(11)19-10/h2-6H,1H3,(H,18,19,20). The molecule has 2 heterocycles. The van der Waals surface area contributed by atoms with Crippen LogP contribution in [0.5, 0.6) is 0 Å². The van der Waals surface area contributed by atoms with Crippen molar-refractivity contribution in [1.29, 1.82) is 0 Å². The molecule has 0 radical (unpaired) electrons. The first-order valence-corrected chi connectivity index (χ1v) is 6.17. The summed E-state index contributed by atoms with van der Waals surface area (Å²) in [6, 6.07) is 4.39. The zero-order chi connectivity index (χ0) is 14.3. The van der Waals surface area contributed by atoms with Crippen LogP contribution in [-0.2, 0) is 5.92 Å². The second kappa shape index (κ2) is 4.49. The lowest BCUT2D eigenvalue weighted by molar-refractivity contribution is 0.0176. The maximum absolute atomic E-state index is 13.5. The number of H-pyrrole nitrogens is 1. The molecule has 0 spiro atoms. The summed E-state index contributed by atoms with van der Waals surface area (Å²) in [6.07, 6.45) is 3.05. The number of halogens is 3. The molecule has 0 aliphatic rings. The molecule has 0 aliphatic heterocycles. The van der Waals surface area contributed by atoms with Crippen LogP contribution in [0, 0.1) is 0 Å². The van der Waals surface area contributed by atoms with Crippen LogP contribution in [0.15, 0.2) is 30.6 Å². The van der Waals surface area contributed by atoms with Crippen molar-refractivity contribution in [3.05, 3.63) is 41.2 Å². The smallest absolute Gasteiger partial charge is 0.259 e. The van der Waals surface area contributed by atoms with E-state index in [2.05, 4.69) is 20.2 Å². The molecule has 102 valence electrons. The van der Waals surface area contributed by atoms with Crippen molar-refractivity contribution in [2.24, 2.45) is 0 Å². The number of alkyl halides is 2. The molecule has 1 aromatic carbocycles. The Balaban J connectivity index is 2.14. The molecule has 2 aromatic heterocycles. The summed E-state index contributed by atoms with van der Waals surface area (Å²) in [5.41, 5.74) is 1.88. The summed E-state index contributed by atoms with van der Waals surface area (Å²) < 4.78 is 27.0. The highest BCUT2D eigenvalue weighted by atomic mass is 35.5. The number of fused-ring (bicyclic) bond motifs is 1. The lowest BCUT2D eigenvalue weighted by atomic mass is 10.0. The van der Waals surface area contributed by atoms with Gasteiger partial charge in [-0.2, -0.15) is 5.10 Å². The van der Waals surface area contributed by atoms with Gasteiger partial charge in [0.25, 0.3) is 5.92 Å². The minimum absolute atomic E-state index is 0.0248. The van der Waals surface area contributed by atoms with Gasteiger partial charge in [-0.05, 0) is 12.1 Å².